The van der Waals surface area contributed by atoms with Gasteiger partial charge in [0.1, 0.15) is 72.2 Å². The number of carbonyl (C=O) groups excluding carboxylic acids is 1. The molecule has 23 atom stereocenters. The minimum absolute atomic E-state index is 0.146. The number of rotatable bonds is 7. The fourth-order valence-electron chi connectivity index (χ4n) is 14.7. The van der Waals surface area contributed by atoms with Crippen molar-refractivity contribution < 1.29 is 83.9 Å². The molecule has 0 aromatic carbocycles. The highest BCUT2D eigenvalue weighted by atomic mass is 16.8. The van der Waals surface area contributed by atoms with E-state index in [4.69, 9.17) is 33.2 Å². The van der Waals surface area contributed by atoms with E-state index in [0.29, 0.717) is 25.7 Å². The van der Waals surface area contributed by atoms with Crippen LogP contribution in [0.25, 0.3) is 0 Å². The third-order valence-corrected chi connectivity index (χ3v) is 19.1. The highest BCUT2D eigenvalue weighted by Gasteiger charge is 2.73. The lowest BCUT2D eigenvalue weighted by Gasteiger charge is -2.71. The Morgan fingerprint density at radius 3 is 2.03 bits per heavy atom. The molecule has 2 bridgehead atoms. The second-order valence-corrected chi connectivity index (χ2v) is 22.6. The molecule has 9 N–H and O–H groups in total. The Morgan fingerprint density at radius 1 is 0.719 bits per heavy atom. The minimum Gasteiger partial charge on any atom is -0.455 e. The van der Waals surface area contributed by atoms with Crippen molar-refractivity contribution in [3.63, 3.8) is 0 Å². The van der Waals surface area contributed by atoms with Gasteiger partial charge in [-0.15, -0.1) is 0 Å². The fraction of sp³-hybridized carbons (Fsp3) is 0.894. The zero-order valence-corrected chi connectivity index (χ0v) is 38.3. The van der Waals surface area contributed by atoms with Crippen LogP contribution in [0.2, 0.25) is 0 Å². The molecule has 0 aromatic rings. The van der Waals surface area contributed by atoms with Gasteiger partial charge in [0.15, 0.2) is 18.9 Å². The van der Waals surface area contributed by atoms with Crippen LogP contribution in [-0.4, -0.2) is 168 Å². The topological polar surface area (TPSA) is 264 Å². The van der Waals surface area contributed by atoms with E-state index in [1.165, 1.54) is 6.92 Å². The van der Waals surface area contributed by atoms with Crippen LogP contribution in [0.15, 0.2) is 23.3 Å². The Labute approximate surface area is 374 Å². The molecule has 17 heteroatoms. The van der Waals surface area contributed by atoms with Crippen molar-refractivity contribution in [3.8, 4) is 0 Å². The maximum Gasteiger partial charge on any atom is 0.317 e. The summed E-state index contributed by atoms with van der Waals surface area (Å²) in [6, 6.07) is 0. The van der Waals surface area contributed by atoms with E-state index in [-0.39, 0.29) is 40.7 Å². The number of carbonyl (C=O) groups is 1. The molecule has 3 saturated carbocycles. The van der Waals surface area contributed by atoms with Gasteiger partial charge in [-0.3, -0.25) is 4.79 Å². The number of fused-ring (bicyclic) bond motifs is 7. The summed E-state index contributed by atoms with van der Waals surface area (Å²) >= 11 is 0. The van der Waals surface area contributed by atoms with Crippen LogP contribution in [0.4, 0.5) is 0 Å². The van der Waals surface area contributed by atoms with Gasteiger partial charge >= 0.3 is 5.97 Å². The van der Waals surface area contributed by atoms with Crippen molar-refractivity contribution in [2.45, 2.75) is 210 Å². The molecular weight excluding hydrogens is 837 g/mol. The smallest absolute Gasteiger partial charge is 0.317 e. The van der Waals surface area contributed by atoms with E-state index in [1.54, 1.807) is 0 Å². The van der Waals surface area contributed by atoms with Crippen LogP contribution in [-0.2, 0) is 38.0 Å². The van der Waals surface area contributed by atoms with Crippen LogP contribution in [0.1, 0.15) is 107 Å². The van der Waals surface area contributed by atoms with Crippen LogP contribution in [0.3, 0.4) is 0 Å². The number of esters is 1. The predicted octanol–water partition coefficient (Wildman–Crippen LogP) is 0.859. The van der Waals surface area contributed by atoms with Crippen LogP contribution >= 0.6 is 0 Å². The summed E-state index contributed by atoms with van der Waals surface area (Å²) in [5.41, 5.74) is -2.36. The van der Waals surface area contributed by atoms with Gasteiger partial charge in [0.05, 0.1) is 30.8 Å². The molecule has 5 heterocycles. The van der Waals surface area contributed by atoms with Gasteiger partial charge in [-0.05, 0) is 117 Å². The number of ether oxygens (including phenoxy) is 7. The molecule has 10 rings (SSSR count). The third-order valence-electron chi connectivity index (χ3n) is 19.1. The van der Waals surface area contributed by atoms with E-state index >= 15 is 0 Å². The van der Waals surface area contributed by atoms with E-state index < -0.39 is 121 Å². The quantitative estimate of drug-likeness (QED) is 0.127. The average Bonchev–Trinajstić information content (AvgIpc) is 3.23. The molecular formula is C47H72O17. The Balaban J connectivity index is 1.01. The third kappa shape index (κ3) is 6.46. The molecule has 10 aliphatic rings. The molecule has 362 valence electrons. The van der Waals surface area contributed by atoms with Crippen molar-refractivity contribution >= 4 is 5.97 Å². The molecule has 5 aliphatic carbocycles. The first kappa shape index (κ1) is 47.4. The SMILES string of the molecule is C[C@@H]1O[C@@H](O[C@H]2[C@H](O[C@H]3CC[C@]4(C)[C@H]5C=CC6=C7[C@]8(CC[C@](C)(OC8=O)[C@@]7(C)O)CC[C@@]6(C)[C@]5(C)CC[C@H]4C3(C)C)OC[C@H](O)[C@@H]2O[C@@H]2O[C@H](CO)[C@@H](O)[C@H](O)[C@H]2O)[C@H](O)[C@H](O)[C@H]1O. The van der Waals surface area contributed by atoms with Gasteiger partial charge in [-0.25, -0.2) is 0 Å². The monoisotopic (exact) mass is 908 g/mol. The minimum atomic E-state index is -1.81. The van der Waals surface area contributed by atoms with Gasteiger partial charge in [0, 0.05) is 0 Å². The Morgan fingerprint density at radius 2 is 1.36 bits per heavy atom. The van der Waals surface area contributed by atoms with E-state index in [2.05, 4.69) is 46.8 Å². The van der Waals surface area contributed by atoms with E-state index in [0.717, 1.165) is 36.8 Å². The lowest BCUT2D eigenvalue weighted by Crippen LogP contribution is -2.71. The van der Waals surface area contributed by atoms with Crippen LogP contribution in [0.5, 0.6) is 0 Å². The highest BCUT2D eigenvalue weighted by Crippen LogP contribution is 2.75. The largest absolute Gasteiger partial charge is 0.455 e. The summed E-state index contributed by atoms with van der Waals surface area (Å²) in [7, 11) is 0. The van der Waals surface area contributed by atoms with Crippen molar-refractivity contribution in [2.75, 3.05) is 13.2 Å². The van der Waals surface area contributed by atoms with E-state index in [9.17, 15) is 50.8 Å². The van der Waals surface area contributed by atoms with Crippen molar-refractivity contribution in [1.82, 2.24) is 0 Å². The zero-order valence-electron chi connectivity index (χ0n) is 38.3. The normalized spacial score (nSPS) is 56.7. The molecule has 0 radical (unpaired) electrons. The van der Waals surface area contributed by atoms with Gasteiger partial charge in [0.2, 0.25) is 0 Å². The summed E-state index contributed by atoms with van der Waals surface area (Å²) in [5, 5.41) is 97.7. The summed E-state index contributed by atoms with van der Waals surface area (Å²) in [6.07, 6.45) is -11.1. The summed E-state index contributed by atoms with van der Waals surface area (Å²) in [4.78, 5) is 13.8. The average molecular weight is 909 g/mol. The lowest BCUT2D eigenvalue weighted by atomic mass is 9.35. The molecule has 0 aromatic heterocycles. The Bertz CT molecular complexity index is 1890. The van der Waals surface area contributed by atoms with Gasteiger partial charge in [-0.1, -0.05) is 46.8 Å². The number of allylic oxidation sites excluding steroid dienone is 3. The van der Waals surface area contributed by atoms with Gasteiger partial charge in [-0.2, -0.15) is 0 Å². The maximum absolute atomic E-state index is 13.8. The summed E-state index contributed by atoms with van der Waals surface area (Å²) < 4.78 is 43.1. The van der Waals surface area contributed by atoms with Crippen LogP contribution in [0, 0.1) is 38.9 Å². The number of hydrogen-bond donors (Lipinski definition) is 9. The number of aliphatic hydroxyl groups excluding tert-OH is 8. The first-order chi connectivity index (χ1) is 29.8. The van der Waals surface area contributed by atoms with Gasteiger partial charge < -0.3 is 79.1 Å². The standard InChI is InChI=1S/C47H72O17/c1-21-28(50)30(52)32(54)37(59-21)63-35-34(62-38-33(55)31(53)29(51)24(19-48)60-38)23(49)20-58-39(35)61-27-12-13-42(4)25(41(27,2)3)11-14-44(6)26(42)10-9-22-36-46(8,57)45(7)16-18-47(36,40(56)64-45)17-15-43(22,44)5/h9-10,21,23-35,37-39,48-55,57H,11-20H2,1-8H3/t21-,23-,24+,25-,26+,27-,28-,29+,30+,31-,32+,33+,34-,35+,37-,38-,39-,42-,43+,44+,45-,46-,47+/m0/s1. The molecule has 64 heavy (non-hydrogen) atoms. The lowest BCUT2D eigenvalue weighted by molar-refractivity contribution is -0.388. The van der Waals surface area contributed by atoms with Gasteiger partial charge in [0.25, 0.3) is 0 Å². The second-order valence-electron chi connectivity index (χ2n) is 22.6. The number of hydrogen-bond acceptors (Lipinski definition) is 17. The first-order valence-corrected chi connectivity index (χ1v) is 23.5. The molecule has 1 spiro atoms. The van der Waals surface area contributed by atoms with Crippen molar-refractivity contribution in [1.29, 1.82) is 0 Å². The predicted molar refractivity (Wildman–Crippen MR) is 222 cm³/mol. The number of aliphatic hydroxyl groups is 9. The van der Waals surface area contributed by atoms with Crippen LogP contribution < -0.4 is 0 Å². The summed E-state index contributed by atoms with van der Waals surface area (Å²) in [5.74, 6) is 0.0865. The molecule has 0 unspecified atom stereocenters. The van der Waals surface area contributed by atoms with E-state index in [1.807, 2.05) is 13.8 Å². The molecule has 0 amide bonds. The first-order valence-electron chi connectivity index (χ1n) is 23.5. The molecule has 5 saturated heterocycles. The fourth-order valence-corrected chi connectivity index (χ4v) is 14.7. The van der Waals surface area contributed by atoms with Crippen molar-refractivity contribution in [2.24, 2.45) is 38.9 Å². The molecule has 17 nitrogen and oxygen atoms in total. The summed E-state index contributed by atoms with van der Waals surface area (Å²) in [6.45, 7) is 15.7. The highest BCUT2D eigenvalue weighted by molar-refractivity contribution is 5.86. The zero-order chi connectivity index (χ0) is 46.5. The Hall–Kier alpha value is -1.65. The maximum atomic E-state index is 13.8. The Kier molecular flexibility index (Phi) is 11.6. The van der Waals surface area contributed by atoms with Crippen molar-refractivity contribution in [3.05, 3.63) is 23.3 Å². The molecule has 8 fully saturated rings. The molecule has 5 aliphatic heterocycles. The second kappa shape index (κ2) is 15.7.